The predicted octanol–water partition coefficient (Wildman–Crippen LogP) is 8.44. The molecule has 5 atom stereocenters. The molecule has 0 aromatic heterocycles. The lowest BCUT2D eigenvalue weighted by atomic mass is 9.78. The highest BCUT2D eigenvalue weighted by Gasteiger charge is 2.20. The van der Waals surface area contributed by atoms with Crippen molar-refractivity contribution in [2.45, 2.75) is 99.3 Å². The van der Waals surface area contributed by atoms with Gasteiger partial charge in [0.05, 0.1) is 0 Å². The minimum Gasteiger partial charge on any atom is -0.103 e. The molecule has 0 aliphatic heterocycles. The summed E-state index contributed by atoms with van der Waals surface area (Å²) in [5.41, 5.74) is 1.45. The van der Waals surface area contributed by atoms with Gasteiger partial charge in [-0.15, -0.1) is 6.58 Å². The average molecular weight is 335 g/mol. The first-order valence-electron chi connectivity index (χ1n) is 10.6. The van der Waals surface area contributed by atoms with Gasteiger partial charge in [0.15, 0.2) is 0 Å². The molecule has 0 fully saturated rings. The van der Waals surface area contributed by atoms with Crippen LogP contribution in [0.25, 0.3) is 0 Å². The molecule has 142 valence electrons. The molecule has 0 aliphatic rings. The topological polar surface area (TPSA) is 0 Å². The first-order valence-corrected chi connectivity index (χ1v) is 10.6. The summed E-state index contributed by atoms with van der Waals surface area (Å²) in [5, 5.41) is 0. The fourth-order valence-corrected chi connectivity index (χ4v) is 3.86. The normalized spacial score (nSPS) is 17.8. The molecular formula is C24H46. The Morgan fingerprint density at radius 3 is 2.04 bits per heavy atom. The molecule has 0 aromatic rings. The van der Waals surface area contributed by atoms with Gasteiger partial charge < -0.3 is 0 Å². The SMILES string of the molecule is C=CCC(C)C(C)C(=C)C(C)CC(C)CCCC(C)CCCCC. The van der Waals surface area contributed by atoms with E-state index in [1.807, 2.05) is 6.08 Å². The van der Waals surface area contributed by atoms with Crippen LogP contribution in [0.4, 0.5) is 0 Å². The van der Waals surface area contributed by atoms with Gasteiger partial charge in [0.25, 0.3) is 0 Å². The summed E-state index contributed by atoms with van der Waals surface area (Å²) in [6.45, 7) is 22.5. The summed E-state index contributed by atoms with van der Waals surface area (Å²) >= 11 is 0. The third-order valence-electron chi connectivity index (χ3n) is 6.06. The Labute approximate surface area is 154 Å². The lowest BCUT2D eigenvalue weighted by Gasteiger charge is -2.27. The Hall–Kier alpha value is -0.520. The van der Waals surface area contributed by atoms with Gasteiger partial charge in [0.1, 0.15) is 0 Å². The van der Waals surface area contributed by atoms with Gasteiger partial charge in [-0.3, -0.25) is 0 Å². The van der Waals surface area contributed by atoms with Crippen molar-refractivity contribution in [3.63, 3.8) is 0 Å². The summed E-state index contributed by atoms with van der Waals surface area (Å²) in [6, 6.07) is 0. The second-order valence-electron chi connectivity index (χ2n) is 8.64. The highest BCUT2D eigenvalue weighted by molar-refractivity contribution is 5.05. The molecule has 0 saturated carbocycles. The zero-order valence-electron chi connectivity index (χ0n) is 17.7. The smallest absolute Gasteiger partial charge is 0.0203 e. The van der Waals surface area contributed by atoms with E-state index in [1.54, 1.807) is 0 Å². The summed E-state index contributed by atoms with van der Waals surface area (Å²) < 4.78 is 0. The van der Waals surface area contributed by atoms with E-state index in [2.05, 4.69) is 54.7 Å². The third kappa shape index (κ3) is 10.4. The minimum atomic E-state index is 0.601. The molecule has 0 amide bonds. The van der Waals surface area contributed by atoms with Crippen molar-refractivity contribution in [3.8, 4) is 0 Å². The third-order valence-corrected chi connectivity index (χ3v) is 6.06. The van der Waals surface area contributed by atoms with Crippen molar-refractivity contribution in [2.24, 2.45) is 29.6 Å². The molecule has 0 saturated heterocycles. The van der Waals surface area contributed by atoms with Crippen LogP contribution in [0.5, 0.6) is 0 Å². The maximum Gasteiger partial charge on any atom is -0.0203 e. The predicted molar refractivity (Wildman–Crippen MR) is 112 cm³/mol. The summed E-state index contributed by atoms with van der Waals surface area (Å²) in [4.78, 5) is 0. The molecule has 0 heteroatoms. The van der Waals surface area contributed by atoms with Crippen LogP contribution in [-0.4, -0.2) is 0 Å². The molecular weight excluding hydrogens is 288 g/mol. The van der Waals surface area contributed by atoms with Crippen LogP contribution in [0.1, 0.15) is 99.3 Å². The fraction of sp³-hybridized carbons (Fsp3) is 0.833. The Bertz CT molecular complexity index is 327. The number of allylic oxidation sites excluding steroid dienone is 2. The molecule has 0 aromatic carbocycles. The van der Waals surface area contributed by atoms with Crippen molar-refractivity contribution < 1.29 is 0 Å². The van der Waals surface area contributed by atoms with Gasteiger partial charge in [-0.2, -0.15) is 0 Å². The van der Waals surface area contributed by atoms with Crippen molar-refractivity contribution in [1.29, 1.82) is 0 Å². The fourth-order valence-electron chi connectivity index (χ4n) is 3.86. The highest BCUT2D eigenvalue weighted by Crippen LogP contribution is 2.32. The maximum atomic E-state index is 4.43. The minimum absolute atomic E-state index is 0.601. The molecule has 0 aliphatic carbocycles. The number of unbranched alkanes of at least 4 members (excludes halogenated alkanes) is 2. The molecule has 0 N–H and O–H groups in total. The largest absolute Gasteiger partial charge is 0.103 e. The lowest BCUT2D eigenvalue weighted by molar-refractivity contribution is 0.349. The van der Waals surface area contributed by atoms with Gasteiger partial charge in [0.2, 0.25) is 0 Å². The van der Waals surface area contributed by atoms with Gasteiger partial charge in [-0.05, 0) is 42.4 Å². The quantitative estimate of drug-likeness (QED) is 0.208. The Kier molecular flexibility index (Phi) is 13.4. The molecule has 24 heavy (non-hydrogen) atoms. The second-order valence-corrected chi connectivity index (χ2v) is 8.64. The first-order chi connectivity index (χ1) is 11.3. The van der Waals surface area contributed by atoms with Crippen LogP contribution < -0.4 is 0 Å². The Balaban J connectivity index is 4.02. The zero-order chi connectivity index (χ0) is 18.5. The van der Waals surface area contributed by atoms with Crippen LogP contribution in [-0.2, 0) is 0 Å². The van der Waals surface area contributed by atoms with Crippen LogP contribution in [0.2, 0.25) is 0 Å². The van der Waals surface area contributed by atoms with Crippen LogP contribution in [0, 0.1) is 29.6 Å². The van der Waals surface area contributed by atoms with Gasteiger partial charge >= 0.3 is 0 Å². The summed E-state index contributed by atoms with van der Waals surface area (Å²) in [5.74, 6) is 3.64. The van der Waals surface area contributed by atoms with Crippen molar-refractivity contribution >= 4 is 0 Å². The van der Waals surface area contributed by atoms with Crippen LogP contribution in [0.15, 0.2) is 24.8 Å². The second kappa shape index (κ2) is 13.7. The lowest BCUT2D eigenvalue weighted by Crippen LogP contribution is -2.16. The highest BCUT2D eigenvalue weighted by atomic mass is 14.3. The first kappa shape index (κ1) is 23.5. The van der Waals surface area contributed by atoms with Crippen molar-refractivity contribution in [3.05, 3.63) is 24.8 Å². The summed E-state index contributed by atoms with van der Waals surface area (Å²) in [6.07, 6.45) is 14.2. The van der Waals surface area contributed by atoms with E-state index in [4.69, 9.17) is 0 Å². The van der Waals surface area contributed by atoms with Crippen molar-refractivity contribution in [2.75, 3.05) is 0 Å². The number of hydrogen-bond donors (Lipinski definition) is 0. The van der Waals surface area contributed by atoms with Gasteiger partial charge in [-0.1, -0.05) is 105 Å². The standard InChI is InChI=1S/C24H46/c1-9-11-12-15-19(3)16-13-17-20(4)18-22(6)24(8)23(7)21(5)14-10-2/h10,19-23H,2,8-9,11-18H2,1,3-7H3. The average Bonchev–Trinajstić information content (AvgIpc) is 2.53. The van der Waals surface area contributed by atoms with E-state index < -0.39 is 0 Å². The molecule has 0 rings (SSSR count). The Morgan fingerprint density at radius 1 is 0.875 bits per heavy atom. The number of rotatable bonds is 15. The van der Waals surface area contributed by atoms with Crippen molar-refractivity contribution in [1.82, 2.24) is 0 Å². The van der Waals surface area contributed by atoms with Gasteiger partial charge in [-0.25, -0.2) is 0 Å². The monoisotopic (exact) mass is 334 g/mol. The van der Waals surface area contributed by atoms with E-state index in [0.29, 0.717) is 17.8 Å². The molecule has 0 spiro atoms. The van der Waals surface area contributed by atoms with E-state index in [9.17, 15) is 0 Å². The molecule has 0 bridgehead atoms. The number of hydrogen-bond acceptors (Lipinski definition) is 0. The molecule has 5 unspecified atom stereocenters. The zero-order valence-corrected chi connectivity index (χ0v) is 17.7. The van der Waals surface area contributed by atoms with Crippen LogP contribution >= 0.6 is 0 Å². The van der Waals surface area contributed by atoms with Crippen LogP contribution in [0.3, 0.4) is 0 Å². The van der Waals surface area contributed by atoms with E-state index in [-0.39, 0.29) is 0 Å². The molecule has 0 radical (unpaired) electrons. The Morgan fingerprint density at radius 2 is 1.46 bits per heavy atom. The summed E-state index contributed by atoms with van der Waals surface area (Å²) in [7, 11) is 0. The molecule has 0 nitrogen and oxygen atoms in total. The molecule has 0 heterocycles. The van der Waals surface area contributed by atoms with Gasteiger partial charge in [0, 0.05) is 0 Å². The van der Waals surface area contributed by atoms with E-state index in [1.165, 1.54) is 56.9 Å². The maximum absolute atomic E-state index is 4.43. The van der Waals surface area contributed by atoms with E-state index in [0.717, 1.165) is 18.3 Å². The van der Waals surface area contributed by atoms with E-state index >= 15 is 0 Å².